The average Bonchev–Trinajstić information content (AvgIpc) is 1.66. The Kier molecular flexibility index (Phi) is 11.6. The van der Waals surface area contributed by atoms with Crippen LogP contribution in [0.15, 0.2) is 0 Å². The maximum Gasteiger partial charge on any atom is 0.505 e. The van der Waals surface area contributed by atoms with E-state index in [0.717, 1.165) is 19.3 Å². The van der Waals surface area contributed by atoms with Crippen molar-refractivity contribution in [3.05, 3.63) is 0 Å². The van der Waals surface area contributed by atoms with Crippen molar-refractivity contribution in [3.63, 3.8) is 0 Å². The molecule has 0 saturated heterocycles. The van der Waals surface area contributed by atoms with E-state index in [-0.39, 0.29) is 16.5 Å². The van der Waals surface area contributed by atoms with Crippen LogP contribution in [0.25, 0.3) is 0 Å². The van der Waals surface area contributed by atoms with Crippen LogP contribution >= 0.6 is 8.03 Å². The van der Waals surface area contributed by atoms with Crippen molar-refractivity contribution in [1.29, 1.82) is 0 Å². The van der Waals surface area contributed by atoms with Gasteiger partial charge in [-0.2, -0.15) is 4.89 Å². The molecular weight excluding hydrogens is 182 g/mol. The third-order valence-electron chi connectivity index (χ3n) is 0.953. The molecule has 1 atom stereocenters. The van der Waals surface area contributed by atoms with Crippen molar-refractivity contribution in [1.82, 2.24) is 0 Å². The fourth-order valence-corrected chi connectivity index (χ4v) is 0.991. The van der Waals surface area contributed by atoms with Crippen LogP contribution in [0, 0.1) is 0 Å². The third-order valence-corrected chi connectivity index (χ3v) is 1.65. The van der Waals surface area contributed by atoms with Crippen LogP contribution in [-0.2, 0) is 21.1 Å². The van der Waals surface area contributed by atoms with Crippen LogP contribution in [0.4, 0.5) is 0 Å². The first-order valence-electron chi connectivity index (χ1n) is 2.91. The molecule has 0 aromatic rings. The van der Waals surface area contributed by atoms with Crippen molar-refractivity contribution < 1.29 is 25.9 Å². The summed E-state index contributed by atoms with van der Waals surface area (Å²) in [7, 11) is -1.86. The summed E-state index contributed by atoms with van der Waals surface area (Å²) in [6.07, 6.45) is 3.55. The van der Waals surface area contributed by atoms with Gasteiger partial charge in [-0.3, -0.25) is 0 Å². The molecule has 2 nitrogen and oxygen atoms in total. The van der Waals surface area contributed by atoms with Gasteiger partial charge in [0.05, 0.1) is 0 Å². The molecule has 4 heteroatoms. The van der Waals surface area contributed by atoms with E-state index in [0.29, 0.717) is 6.16 Å². The normalized spacial score (nSPS) is 10.2. The van der Waals surface area contributed by atoms with Crippen molar-refractivity contribution in [3.8, 4) is 0 Å². The number of rotatable bonds is 4. The maximum absolute atomic E-state index is 10.0. The van der Waals surface area contributed by atoms with E-state index >= 15 is 0 Å². The summed E-state index contributed by atoms with van der Waals surface area (Å²) < 4.78 is 10.0. The molecule has 0 saturated carbocycles. The van der Waals surface area contributed by atoms with Gasteiger partial charge in [0.2, 0.25) is 0 Å². The van der Waals surface area contributed by atoms with Crippen molar-refractivity contribution >= 4 is 8.03 Å². The smallest absolute Gasteiger partial charge is 0.161 e. The number of unbranched alkanes of at least 4 members (excludes halogenated alkanes) is 2. The van der Waals surface area contributed by atoms with Gasteiger partial charge < -0.3 is 0 Å². The zero-order valence-corrected chi connectivity index (χ0v) is 7.33. The van der Waals surface area contributed by atoms with E-state index in [1.54, 1.807) is 0 Å². The van der Waals surface area contributed by atoms with Crippen molar-refractivity contribution in [2.75, 3.05) is 6.16 Å². The van der Waals surface area contributed by atoms with E-state index in [1.165, 1.54) is 0 Å². The molecule has 0 radical (unpaired) electrons. The summed E-state index contributed by atoms with van der Waals surface area (Å²) in [4.78, 5) is 8.29. The number of hydrogen-bond acceptors (Lipinski definition) is 1. The van der Waals surface area contributed by atoms with Gasteiger partial charge in [-0.15, -0.1) is 0 Å². The van der Waals surface area contributed by atoms with Crippen LogP contribution in [-0.4, -0.2) is 11.1 Å². The molecule has 0 aliphatic rings. The van der Waals surface area contributed by atoms with E-state index in [4.69, 9.17) is 4.89 Å². The summed E-state index contributed by atoms with van der Waals surface area (Å²) in [6.45, 7) is 2.07. The standard InChI is InChI=1S/C5H11O2P.Ni/c1-2-3-4-5-8(6)7;/h2-5H2,1H3;/p+1. The SMILES string of the molecule is CCCCC[P+](=O)O.[Ni]. The zero-order valence-electron chi connectivity index (χ0n) is 5.45. The molecule has 1 unspecified atom stereocenters. The minimum atomic E-state index is -1.86. The van der Waals surface area contributed by atoms with Gasteiger partial charge in [-0.25, -0.2) is 0 Å². The molecule has 0 aromatic carbocycles. The quantitative estimate of drug-likeness (QED) is 0.421. The van der Waals surface area contributed by atoms with Gasteiger partial charge in [0.15, 0.2) is 6.16 Å². The minimum absolute atomic E-state index is 0. The maximum atomic E-state index is 10.0. The van der Waals surface area contributed by atoms with Crippen LogP contribution in [0.3, 0.4) is 0 Å². The second-order valence-corrected chi connectivity index (χ2v) is 2.93. The Balaban J connectivity index is 0. The predicted octanol–water partition coefficient (Wildman–Crippen LogP) is 1.91. The van der Waals surface area contributed by atoms with Crippen molar-refractivity contribution in [2.24, 2.45) is 0 Å². The summed E-state index contributed by atoms with van der Waals surface area (Å²) in [5.74, 6) is 0. The molecule has 0 aliphatic carbocycles. The van der Waals surface area contributed by atoms with Crippen molar-refractivity contribution in [2.45, 2.75) is 26.2 Å². The van der Waals surface area contributed by atoms with Gasteiger partial charge in [-0.05, 0) is 17.4 Å². The Hall–Kier alpha value is 0.554. The van der Waals surface area contributed by atoms with Gasteiger partial charge in [-0.1, -0.05) is 13.3 Å². The first kappa shape index (κ1) is 12.3. The topological polar surface area (TPSA) is 37.3 Å². The summed E-state index contributed by atoms with van der Waals surface area (Å²) in [5.41, 5.74) is 0. The van der Waals surface area contributed by atoms with Gasteiger partial charge >= 0.3 is 8.03 Å². The predicted molar refractivity (Wildman–Crippen MR) is 34.2 cm³/mol. The van der Waals surface area contributed by atoms with E-state index in [9.17, 15) is 4.57 Å². The van der Waals surface area contributed by atoms with E-state index in [2.05, 4.69) is 6.92 Å². The molecule has 0 aromatic heterocycles. The molecule has 58 valence electrons. The molecule has 0 amide bonds. The van der Waals surface area contributed by atoms with Gasteiger partial charge in [0.1, 0.15) is 0 Å². The Morgan fingerprint density at radius 1 is 1.44 bits per heavy atom. The second kappa shape index (κ2) is 8.55. The number of hydrogen-bond donors (Lipinski definition) is 1. The second-order valence-electron chi connectivity index (χ2n) is 1.78. The molecular formula is C5H12NiO2P+. The van der Waals surface area contributed by atoms with E-state index in [1.807, 2.05) is 0 Å². The summed E-state index contributed by atoms with van der Waals surface area (Å²) >= 11 is 0. The molecule has 0 spiro atoms. The monoisotopic (exact) mass is 193 g/mol. The minimum Gasteiger partial charge on any atom is -0.161 e. The van der Waals surface area contributed by atoms with Crippen LogP contribution in [0.5, 0.6) is 0 Å². The first-order valence-corrected chi connectivity index (χ1v) is 4.30. The van der Waals surface area contributed by atoms with E-state index < -0.39 is 8.03 Å². The Morgan fingerprint density at radius 2 is 2.00 bits per heavy atom. The third kappa shape index (κ3) is 11.9. The van der Waals surface area contributed by atoms with Gasteiger partial charge in [0.25, 0.3) is 0 Å². The fourth-order valence-electron chi connectivity index (χ4n) is 0.497. The van der Waals surface area contributed by atoms with Crippen LogP contribution in [0.1, 0.15) is 26.2 Å². The Bertz CT molecular complexity index is 77.4. The Labute approximate surface area is 66.8 Å². The average molecular weight is 194 g/mol. The summed E-state index contributed by atoms with van der Waals surface area (Å²) in [5, 5.41) is 0. The fraction of sp³-hybridized carbons (Fsp3) is 1.00. The zero-order chi connectivity index (χ0) is 6.41. The molecule has 0 rings (SSSR count). The molecule has 9 heavy (non-hydrogen) atoms. The largest absolute Gasteiger partial charge is 0.505 e. The molecule has 0 heterocycles. The molecule has 0 aliphatic heterocycles. The molecule has 1 N–H and O–H groups in total. The molecule has 0 fully saturated rings. The first-order chi connectivity index (χ1) is 3.77. The summed E-state index contributed by atoms with van der Waals surface area (Å²) in [6, 6.07) is 0. The van der Waals surface area contributed by atoms with Crippen LogP contribution < -0.4 is 0 Å². The molecule has 0 bridgehead atoms. The van der Waals surface area contributed by atoms with Gasteiger partial charge in [0, 0.05) is 16.5 Å². The van der Waals surface area contributed by atoms with Crippen LogP contribution in [0.2, 0.25) is 0 Å². The Morgan fingerprint density at radius 3 is 2.33 bits per heavy atom.